The van der Waals surface area contributed by atoms with E-state index in [1.54, 1.807) is 0 Å². The second-order valence-corrected chi connectivity index (χ2v) is 4.86. The highest BCUT2D eigenvalue weighted by Crippen LogP contribution is 2.14. The number of fused-ring (bicyclic) bond motifs is 1. The van der Waals surface area contributed by atoms with Gasteiger partial charge in [-0.05, 0) is 32.0 Å². The number of hydrogen-bond acceptors (Lipinski definition) is 3. The normalized spacial score (nSPS) is 13.1. The fourth-order valence-corrected chi connectivity index (χ4v) is 2.12. The van der Waals surface area contributed by atoms with Gasteiger partial charge in [-0.1, -0.05) is 12.1 Å². The minimum atomic E-state index is 0.223. The van der Waals surface area contributed by atoms with Crippen molar-refractivity contribution in [3.05, 3.63) is 30.1 Å². The Balaban J connectivity index is 1.90. The van der Waals surface area contributed by atoms with E-state index in [0.717, 1.165) is 37.3 Å². The van der Waals surface area contributed by atoms with Crippen LogP contribution in [-0.4, -0.2) is 28.7 Å². The van der Waals surface area contributed by atoms with Crippen molar-refractivity contribution < 1.29 is 0 Å². The first kappa shape index (κ1) is 13.1. The van der Waals surface area contributed by atoms with E-state index in [-0.39, 0.29) is 6.04 Å². The number of nitrogens with zero attached hydrogens (tertiary/aromatic N) is 2. The van der Waals surface area contributed by atoms with Crippen LogP contribution in [0.2, 0.25) is 0 Å². The molecule has 1 atom stereocenters. The summed E-state index contributed by atoms with van der Waals surface area (Å²) in [5.41, 5.74) is 7.97. The lowest BCUT2D eigenvalue weighted by molar-refractivity contribution is 0.583. The molecule has 1 unspecified atom stereocenters. The highest BCUT2D eigenvalue weighted by molar-refractivity contribution is 5.75. The summed E-state index contributed by atoms with van der Waals surface area (Å²) in [4.78, 5) is 4.66. The number of hydrogen-bond donors (Lipinski definition) is 2. The predicted octanol–water partition coefficient (Wildman–Crippen LogP) is 1.44. The highest BCUT2D eigenvalue weighted by atomic mass is 15.1. The van der Waals surface area contributed by atoms with Crippen LogP contribution >= 0.6 is 0 Å². The zero-order valence-corrected chi connectivity index (χ0v) is 11.2. The third-order valence-corrected chi connectivity index (χ3v) is 3.10. The molecular formula is C14H22N4. The van der Waals surface area contributed by atoms with E-state index >= 15 is 0 Å². The molecule has 0 radical (unpaired) electrons. The van der Waals surface area contributed by atoms with Crippen molar-refractivity contribution in [3.63, 3.8) is 0 Å². The number of nitrogens with two attached hydrogens (primary N) is 1. The van der Waals surface area contributed by atoms with Gasteiger partial charge in [0, 0.05) is 26.1 Å². The molecule has 1 heterocycles. The van der Waals surface area contributed by atoms with Gasteiger partial charge in [-0.15, -0.1) is 0 Å². The van der Waals surface area contributed by atoms with Gasteiger partial charge in [0.2, 0.25) is 0 Å². The average Bonchev–Trinajstić information content (AvgIpc) is 2.66. The number of nitrogens with one attached hydrogen (secondary N) is 1. The lowest BCUT2D eigenvalue weighted by Crippen LogP contribution is -2.31. The molecule has 0 saturated carbocycles. The van der Waals surface area contributed by atoms with Crippen LogP contribution in [-0.2, 0) is 13.5 Å². The van der Waals surface area contributed by atoms with Crippen LogP contribution < -0.4 is 11.1 Å². The Bertz CT molecular complexity index is 501. The third kappa shape index (κ3) is 3.09. The maximum Gasteiger partial charge on any atom is 0.109 e. The number of rotatable bonds is 6. The Morgan fingerprint density at radius 3 is 2.89 bits per heavy atom. The van der Waals surface area contributed by atoms with E-state index in [9.17, 15) is 0 Å². The van der Waals surface area contributed by atoms with Crippen molar-refractivity contribution in [3.8, 4) is 0 Å². The topological polar surface area (TPSA) is 55.9 Å². The number of aryl methyl sites for hydroxylation is 2. The Kier molecular flexibility index (Phi) is 4.33. The maximum atomic E-state index is 5.68. The Morgan fingerprint density at radius 1 is 1.39 bits per heavy atom. The van der Waals surface area contributed by atoms with Gasteiger partial charge in [-0.3, -0.25) is 0 Å². The van der Waals surface area contributed by atoms with Crippen LogP contribution in [0.4, 0.5) is 0 Å². The second-order valence-electron chi connectivity index (χ2n) is 4.86. The molecule has 0 aliphatic rings. The monoisotopic (exact) mass is 246 g/mol. The van der Waals surface area contributed by atoms with Gasteiger partial charge in [0.05, 0.1) is 11.0 Å². The minimum Gasteiger partial charge on any atom is -0.331 e. The van der Waals surface area contributed by atoms with Crippen molar-refractivity contribution in [2.24, 2.45) is 12.8 Å². The van der Waals surface area contributed by atoms with E-state index < -0.39 is 0 Å². The summed E-state index contributed by atoms with van der Waals surface area (Å²) in [5, 5.41) is 3.35. The Morgan fingerprint density at radius 2 is 2.17 bits per heavy atom. The lowest BCUT2D eigenvalue weighted by atomic mass is 10.3. The summed E-state index contributed by atoms with van der Waals surface area (Å²) in [5.74, 6) is 1.15. The van der Waals surface area contributed by atoms with Crippen LogP contribution in [0.15, 0.2) is 24.3 Å². The van der Waals surface area contributed by atoms with E-state index in [2.05, 4.69) is 40.1 Å². The fraction of sp³-hybridized carbons (Fsp3) is 0.500. The molecule has 98 valence electrons. The summed E-state index contributed by atoms with van der Waals surface area (Å²) in [7, 11) is 2.08. The molecule has 0 saturated heterocycles. The van der Waals surface area contributed by atoms with Crippen LogP contribution in [0.5, 0.6) is 0 Å². The van der Waals surface area contributed by atoms with Gasteiger partial charge in [0.25, 0.3) is 0 Å². The fourth-order valence-electron chi connectivity index (χ4n) is 2.12. The van der Waals surface area contributed by atoms with E-state index in [1.807, 2.05) is 13.0 Å². The van der Waals surface area contributed by atoms with E-state index in [1.165, 1.54) is 5.52 Å². The third-order valence-electron chi connectivity index (χ3n) is 3.10. The number of para-hydroxylation sites is 2. The molecule has 0 aliphatic carbocycles. The molecule has 4 heteroatoms. The SMILES string of the molecule is CC(N)CNCCCc1nc2ccccc2n1C. The summed E-state index contributed by atoms with van der Waals surface area (Å²) in [6.45, 7) is 3.88. The predicted molar refractivity (Wildman–Crippen MR) is 75.6 cm³/mol. The summed E-state index contributed by atoms with van der Waals surface area (Å²) in [6.07, 6.45) is 2.08. The number of imidazole rings is 1. The van der Waals surface area contributed by atoms with Crippen LogP contribution in [0.1, 0.15) is 19.2 Å². The molecule has 0 bridgehead atoms. The quantitative estimate of drug-likeness (QED) is 0.758. The minimum absolute atomic E-state index is 0.223. The number of benzene rings is 1. The van der Waals surface area contributed by atoms with Crippen molar-refractivity contribution >= 4 is 11.0 Å². The highest BCUT2D eigenvalue weighted by Gasteiger charge is 2.06. The molecule has 0 fully saturated rings. The van der Waals surface area contributed by atoms with Crippen molar-refractivity contribution in [1.29, 1.82) is 0 Å². The van der Waals surface area contributed by atoms with Gasteiger partial charge in [-0.2, -0.15) is 0 Å². The zero-order chi connectivity index (χ0) is 13.0. The van der Waals surface area contributed by atoms with Gasteiger partial charge in [0.1, 0.15) is 5.82 Å². The smallest absolute Gasteiger partial charge is 0.109 e. The first-order valence-corrected chi connectivity index (χ1v) is 6.55. The second kappa shape index (κ2) is 5.98. The van der Waals surface area contributed by atoms with Crippen LogP contribution in [0.25, 0.3) is 11.0 Å². The molecule has 4 nitrogen and oxygen atoms in total. The summed E-state index contributed by atoms with van der Waals surface area (Å²) in [6, 6.07) is 8.48. The molecule has 2 aromatic rings. The first-order chi connectivity index (χ1) is 8.68. The maximum absolute atomic E-state index is 5.68. The van der Waals surface area contributed by atoms with Gasteiger partial charge in [0.15, 0.2) is 0 Å². The van der Waals surface area contributed by atoms with E-state index in [0.29, 0.717) is 0 Å². The average molecular weight is 246 g/mol. The molecular weight excluding hydrogens is 224 g/mol. The Labute approximate surface area is 108 Å². The van der Waals surface area contributed by atoms with Crippen molar-refractivity contribution in [2.45, 2.75) is 25.8 Å². The van der Waals surface area contributed by atoms with E-state index in [4.69, 9.17) is 5.73 Å². The van der Waals surface area contributed by atoms with Gasteiger partial charge < -0.3 is 15.6 Å². The molecule has 3 N–H and O–H groups in total. The standard InChI is InChI=1S/C14H22N4/c1-11(15)10-16-9-5-8-14-17-12-6-3-4-7-13(12)18(14)2/h3-4,6-7,11,16H,5,8-10,15H2,1-2H3. The number of aromatic nitrogens is 2. The Hall–Kier alpha value is -1.39. The molecule has 2 rings (SSSR count). The molecule has 0 amide bonds. The lowest BCUT2D eigenvalue weighted by Gasteiger charge is -2.07. The first-order valence-electron chi connectivity index (χ1n) is 6.55. The molecule has 1 aromatic carbocycles. The summed E-state index contributed by atoms with van der Waals surface area (Å²) < 4.78 is 2.18. The van der Waals surface area contributed by atoms with Crippen molar-refractivity contribution in [1.82, 2.24) is 14.9 Å². The van der Waals surface area contributed by atoms with Gasteiger partial charge >= 0.3 is 0 Å². The van der Waals surface area contributed by atoms with Crippen LogP contribution in [0.3, 0.4) is 0 Å². The van der Waals surface area contributed by atoms with Crippen LogP contribution in [0, 0.1) is 0 Å². The molecule has 0 spiro atoms. The molecule has 18 heavy (non-hydrogen) atoms. The molecule has 0 aliphatic heterocycles. The summed E-state index contributed by atoms with van der Waals surface area (Å²) >= 11 is 0. The largest absolute Gasteiger partial charge is 0.331 e. The molecule has 1 aromatic heterocycles. The van der Waals surface area contributed by atoms with Gasteiger partial charge in [-0.25, -0.2) is 4.98 Å². The van der Waals surface area contributed by atoms with Crippen molar-refractivity contribution in [2.75, 3.05) is 13.1 Å². The zero-order valence-electron chi connectivity index (χ0n) is 11.2.